The predicted molar refractivity (Wildman–Crippen MR) is 103 cm³/mol. The van der Waals surface area contributed by atoms with Gasteiger partial charge in [0.1, 0.15) is 0 Å². The summed E-state index contributed by atoms with van der Waals surface area (Å²) in [5.41, 5.74) is 5.36. The van der Waals surface area contributed by atoms with E-state index in [1.165, 1.54) is 19.5 Å². The molecule has 0 radical (unpaired) electrons. The van der Waals surface area contributed by atoms with Crippen LogP contribution in [0.5, 0.6) is 0 Å². The lowest BCUT2D eigenvalue weighted by molar-refractivity contribution is -0.119. The van der Waals surface area contributed by atoms with E-state index < -0.39 is 0 Å². The molecule has 0 bridgehead atoms. The van der Waals surface area contributed by atoms with E-state index in [1.807, 2.05) is 7.05 Å². The Morgan fingerprint density at radius 2 is 1.96 bits per heavy atom. The quantitative estimate of drug-likeness (QED) is 0.432. The van der Waals surface area contributed by atoms with Gasteiger partial charge in [0.25, 0.3) is 0 Å². The molecule has 2 fully saturated rings. The zero-order valence-electron chi connectivity index (χ0n) is 16.3. The number of carbonyl (C=O) groups excluding carboxylic acids is 1. The Hall–Kier alpha value is -1.30. The molecule has 2 aliphatic rings. The maximum absolute atomic E-state index is 11.2. The SMILES string of the molecule is CN=C(NCCCN1CC(C)CC(C)C1)N1CCCC(CC(N)=O)C1. The first-order valence-corrected chi connectivity index (χ1v) is 9.94. The number of aliphatic imine (C=N–C) groups is 1. The number of hydrogen-bond donors (Lipinski definition) is 2. The molecule has 2 saturated heterocycles. The third kappa shape index (κ3) is 6.84. The van der Waals surface area contributed by atoms with Gasteiger partial charge in [-0.25, -0.2) is 0 Å². The van der Waals surface area contributed by atoms with Crippen LogP contribution in [-0.4, -0.2) is 68.0 Å². The summed E-state index contributed by atoms with van der Waals surface area (Å²) in [6.07, 6.45) is 5.17. The van der Waals surface area contributed by atoms with Crippen molar-refractivity contribution < 1.29 is 4.79 Å². The second-order valence-corrected chi connectivity index (χ2v) is 8.16. The molecule has 2 rings (SSSR count). The molecule has 3 unspecified atom stereocenters. The van der Waals surface area contributed by atoms with Crippen molar-refractivity contribution >= 4 is 11.9 Å². The molecule has 0 saturated carbocycles. The van der Waals surface area contributed by atoms with Crippen LogP contribution < -0.4 is 11.1 Å². The molecule has 2 heterocycles. The zero-order valence-corrected chi connectivity index (χ0v) is 16.3. The number of carbonyl (C=O) groups is 1. The topological polar surface area (TPSA) is 74.0 Å². The van der Waals surface area contributed by atoms with Gasteiger partial charge >= 0.3 is 0 Å². The number of primary amides is 1. The lowest BCUT2D eigenvalue weighted by atomic mass is 9.92. The smallest absolute Gasteiger partial charge is 0.217 e. The molecule has 0 spiro atoms. The number of amides is 1. The van der Waals surface area contributed by atoms with Gasteiger partial charge in [0.15, 0.2) is 5.96 Å². The van der Waals surface area contributed by atoms with E-state index in [4.69, 9.17) is 5.73 Å². The number of nitrogens with one attached hydrogen (secondary N) is 1. The van der Waals surface area contributed by atoms with Gasteiger partial charge in [0.05, 0.1) is 0 Å². The second-order valence-electron chi connectivity index (χ2n) is 8.16. The normalized spacial score (nSPS) is 28.8. The summed E-state index contributed by atoms with van der Waals surface area (Å²) in [7, 11) is 1.84. The number of piperidine rings is 2. The van der Waals surface area contributed by atoms with Crippen LogP contribution in [0.25, 0.3) is 0 Å². The molecule has 0 aromatic carbocycles. The van der Waals surface area contributed by atoms with Crippen molar-refractivity contribution in [3.05, 3.63) is 0 Å². The monoisotopic (exact) mass is 351 g/mol. The van der Waals surface area contributed by atoms with Crippen LogP contribution in [0.4, 0.5) is 0 Å². The summed E-state index contributed by atoms with van der Waals surface area (Å²) < 4.78 is 0. The third-order valence-corrected chi connectivity index (χ3v) is 5.40. The molecule has 25 heavy (non-hydrogen) atoms. The van der Waals surface area contributed by atoms with Crippen molar-refractivity contribution in [2.75, 3.05) is 46.3 Å². The summed E-state index contributed by atoms with van der Waals surface area (Å²) in [4.78, 5) is 20.5. The molecule has 0 aliphatic carbocycles. The highest BCUT2D eigenvalue weighted by Gasteiger charge is 2.24. The van der Waals surface area contributed by atoms with Gasteiger partial charge in [-0.3, -0.25) is 9.79 Å². The predicted octanol–water partition coefficient (Wildman–Crippen LogP) is 1.52. The molecule has 0 aromatic rings. The van der Waals surface area contributed by atoms with Gasteiger partial charge < -0.3 is 20.9 Å². The van der Waals surface area contributed by atoms with E-state index in [0.29, 0.717) is 12.3 Å². The zero-order chi connectivity index (χ0) is 18.2. The van der Waals surface area contributed by atoms with Crippen molar-refractivity contribution in [1.29, 1.82) is 0 Å². The molecule has 6 nitrogen and oxygen atoms in total. The van der Waals surface area contributed by atoms with Gasteiger partial charge in [-0.15, -0.1) is 0 Å². The first-order chi connectivity index (χ1) is 12.0. The Kier molecular flexibility index (Phi) is 8.00. The van der Waals surface area contributed by atoms with Crippen molar-refractivity contribution in [3.63, 3.8) is 0 Å². The highest BCUT2D eigenvalue weighted by molar-refractivity contribution is 5.80. The van der Waals surface area contributed by atoms with E-state index in [9.17, 15) is 4.79 Å². The van der Waals surface area contributed by atoms with Crippen molar-refractivity contribution in [2.45, 2.75) is 46.0 Å². The molecule has 3 N–H and O–H groups in total. The highest BCUT2D eigenvalue weighted by atomic mass is 16.1. The van der Waals surface area contributed by atoms with Crippen LogP contribution in [0.2, 0.25) is 0 Å². The molecule has 2 aliphatic heterocycles. The van der Waals surface area contributed by atoms with Crippen LogP contribution in [-0.2, 0) is 4.79 Å². The van der Waals surface area contributed by atoms with Crippen molar-refractivity contribution in [1.82, 2.24) is 15.1 Å². The van der Waals surface area contributed by atoms with Crippen molar-refractivity contribution in [3.8, 4) is 0 Å². The van der Waals surface area contributed by atoms with E-state index in [-0.39, 0.29) is 5.91 Å². The highest BCUT2D eigenvalue weighted by Crippen LogP contribution is 2.21. The van der Waals surface area contributed by atoms with Gasteiger partial charge in [0, 0.05) is 46.2 Å². The van der Waals surface area contributed by atoms with Gasteiger partial charge in [-0.1, -0.05) is 13.8 Å². The largest absolute Gasteiger partial charge is 0.370 e. The van der Waals surface area contributed by atoms with Crippen LogP contribution in [0.3, 0.4) is 0 Å². The number of likely N-dealkylation sites (tertiary alicyclic amines) is 2. The molecule has 144 valence electrons. The van der Waals surface area contributed by atoms with E-state index in [2.05, 4.69) is 34.0 Å². The van der Waals surface area contributed by atoms with Gasteiger partial charge in [-0.05, 0) is 50.0 Å². The third-order valence-electron chi connectivity index (χ3n) is 5.40. The number of nitrogens with two attached hydrogens (primary N) is 1. The van der Waals surface area contributed by atoms with Gasteiger partial charge in [-0.2, -0.15) is 0 Å². The minimum Gasteiger partial charge on any atom is -0.370 e. The minimum absolute atomic E-state index is 0.195. The molecule has 6 heteroatoms. The lowest BCUT2D eigenvalue weighted by Gasteiger charge is -2.36. The maximum atomic E-state index is 11.2. The molecule has 0 aromatic heterocycles. The Labute approximate surface area is 153 Å². The molecule has 3 atom stereocenters. The fourth-order valence-corrected chi connectivity index (χ4v) is 4.52. The van der Waals surface area contributed by atoms with Crippen LogP contribution >= 0.6 is 0 Å². The molecule has 1 amide bonds. The standard InChI is InChI=1S/C19H37N5O/c1-15-10-16(2)13-23(12-15)8-5-7-22-19(21-3)24-9-4-6-17(14-24)11-18(20)25/h15-17H,4-14H2,1-3H3,(H2,20,25)(H,21,22). The summed E-state index contributed by atoms with van der Waals surface area (Å²) in [5, 5.41) is 3.51. The lowest BCUT2D eigenvalue weighted by Crippen LogP contribution is -2.47. The van der Waals surface area contributed by atoms with Gasteiger partial charge in [0.2, 0.25) is 5.91 Å². The fraction of sp³-hybridized carbons (Fsp3) is 0.895. The van der Waals surface area contributed by atoms with E-state index in [0.717, 1.165) is 63.2 Å². The summed E-state index contributed by atoms with van der Waals surface area (Å²) >= 11 is 0. The Balaban J connectivity index is 1.70. The number of hydrogen-bond acceptors (Lipinski definition) is 3. The maximum Gasteiger partial charge on any atom is 0.217 e. The van der Waals surface area contributed by atoms with E-state index in [1.54, 1.807) is 0 Å². The number of nitrogens with zero attached hydrogens (tertiary/aromatic N) is 3. The summed E-state index contributed by atoms with van der Waals surface area (Å²) in [6, 6.07) is 0. The van der Waals surface area contributed by atoms with Crippen molar-refractivity contribution in [2.24, 2.45) is 28.5 Å². The minimum atomic E-state index is -0.195. The Morgan fingerprint density at radius 1 is 1.24 bits per heavy atom. The summed E-state index contributed by atoms with van der Waals surface area (Å²) in [5.74, 6) is 2.77. The average molecular weight is 352 g/mol. The van der Waals surface area contributed by atoms with Crippen LogP contribution in [0.15, 0.2) is 4.99 Å². The summed E-state index contributed by atoms with van der Waals surface area (Å²) in [6.45, 7) is 11.2. The average Bonchev–Trinajstić information content (AvgIpc) is 2.53. The van der Waals surface area contributed by atoms with Crippen LogP contribution in [0.1, 0.15) is 46.0 Å². The van der Waals surface area contributed by atoms with Crippen LogP contribution in [0, 0.1) is 17.8 Å². The number of rotatable bonds is 6. The fourth-order valence-electron chi connectivity index (χ4n) is 4.52. The Morgan fingerprint density at radius 3 is 2.60 bits per heavy atom. The van der Waals surface area contributed by atoms with E-state index >= 15 is 0 Å². The second kappa shape index (κ2) is 10.00. The number of guanidine groups is 1. The molecular formula is C19H37N5O. The first kappa shape index (κ1) is 20.0. The molecular weight excluding hydrogens is 314 g/mol. The first-order valence-electron chi connectivity index (χ1n) is 9.94. The Bertz CT molecular complexity index is 443.